The Balaban J connectivity index is 2.22. The van der Waals surface area contributed by atoms with Gasteiger partial charge in [0.2, 0.25) is 15.9 Å². The Labute approximate surface area is 123 Å². The van der Waals surface area contributed by atoms with Crippen molar-refractivity contribution in [1.29, 1.82) is 0 Å². The predicted octanol–water partition coefficient (Wildman–Crippen LogP) is -1.15. The van der Waals surface area contributed by atoms with Crippen molar-refractivity contribution in [1.82, 2.24) is 9.21 Å². The molecule has 2 heterocycles. The normalized spacial score (nSPS) is 31.3. The third-order valence-corrected chi connectivity index (χ3v) is 5.30. The Kier molecular flexibility index (Phi) is 4.54. The highest BCUT2D eigenvalue weighted by Crippen LogP contribution is 2.26. The first kappa shape index (κ1) is 16.2. The van der Waals surface area contributed by atoms with Gasteiger partial charge in [-0.15, -0.1) is 0 Å². The number of hydrogen-bond donors (Lipinski definition) is 2. The molecule has 0 saturated carbocycles. The van der Waals surface area contributed by atoms with E-state index in [-0.39, 0.29) is 19.5 Å². The van der Waals surface area contributed by atoms with E-state index in [1.807, 2.05) is 0 Å². The summed E-state index contributed by atoms with van der Waals surface area (Å²) in [4.78, 5) is 24.8. The summed E-state index contributed by atoms with van der Waals surface area (Å²) in [5.41, 5.74) is 0. The number of likely N-dealkylation sites (tertiary alicyclic amines) is 1. The minimum absolute atomic E-state index is 0.0212. The van der Waals surface area contributed by atoms with Gasteiger partial charge in [-0.3, -0.25) is 4.79 Å². The Bertz CT molecular complexity index is 534. The second kappa shape index (κ2) is 5.90. The van der Waals surface area contributed by atoms with Crippen LogP contribution in [0.4, 0.5) is 0 Å². The standard InChI is InChI=1S/C12H20N2O6S/c1-21(19,20)14-5-3-2-4-9(14)11(16)13-7-8(15)6-10(13)12(17)18/h8-10,15H,2-7H2,1H3,(H,17,18)/t8-,9?,10+/m1/s1. The van der Waals surface area contributed by atoms with E-state index in [2.05, 4.69) is 0 Å². The van der Waals surface area contributed by atoms with Crippen molar-refractivity contribution in [2.45, 2.75) is 43.9 Å². The number of sulfonamides is 1. The van der Waals surface area contributed by atoms with Crippen LogP contribution < -0.4 is 0 Å². The summed E-state index contributed by atoms with van der Waals surface area (Å²) < 4.78 is 24.7. The third-order valence-electron chi connectivity index (χ3n) is 4.01. The van der Waals surface area contributed by atoms with Crippen LogP contribution in [0.2, 0.25) is 0 Å². The van der Waals surface area contributed by atoms with Crippen LogP contribution in [0, 0.1) is 0 Å². The maximum Gasteiger partial charge on any atom is 0.326 e. The number of aliphatic carboxylic acids is 1. The maximum absolute atomic E-state index is 12.6. The zero-order chi connectivity index (χ0) is 15.8. The zero-order valence-corrected chi connectivity index (χ0v) is 12.6. The quantitative estimate of drug-likeness (QED) is 0.678. The molecular formula is C12H20N2O6S. The van der Waals surface area contributed by atoms with Crippen molar-refractivity contribution in [2.24, 2.45) is 0 Å². The lowest BCUT2D eigenvalue weighted by molar-refractivity contribution is -0.150. The van der Waals surface area contributed by atoms with E-state index in [9.17, 15) is 23.1 Å². The Morgan fingerprint density at radius 3 is 2.43 bits per heavy atom. The molecule has 1 unspecified atom stereocenters. The van der Waals surface area contributed by atoms with Crippen LogP contribution in [-0.2, 0) is 19.6 Å². The molecule has 0 aliphatic carbocycles. The molecule has 2 saturated heterocycles. The summed E-state index contributed by atoms with van der Waals surface area (Å²) in [6.07, 6.45) is 1.92. The van der Waals surface area contributed by atoms with Gasteiger partial charge in [0, 0.05) is 19.5 Å². The van der Waals surface area contributed by atoms with Crippen LogP contribution in [0.15, 0.2) is 0 Å². The summed E-state index contributed by atoms with van der Waals surface area (Å²) in [6, 6.07) is -1.95. The topological polar surface area (TPSA) is 115 Å². The van der Waals surface area contributed by atoms with Crippen molar-refractivity contribution in [3.8, 4) is 0 Å². The molecule has 2 aliphatic rings. The Morgan fingerprint density at radius 1 is 1.19 bits per heavy atom. The van der Waals surface area contributed by atoms with Crippen molar-refractivity contribution in [3.63, 3.8) is 0 Å². The highest BCUT2D eigenvalue weighted by atomic mass is 32.2. The fourth-order valence-corrected chi connectivity index (χ4v) is 4.15. The first-order chi connectivity index (χ1) is 9.71. The molecule has 120 valence electrons. The van der Waals surface area contributed by atoms with E-state index in [4.69, 9.17) is 5.11 Å². The SMILES string of the molecule is CS(=O)(=O)N1CCCCC1C(=O)N1C[C@H](O)C[C@H]1C(=O)O. The number of aliphatic hydroxyl groups excluding tert-OH is 1. The molecule has 2 aliphatic heterocycles. The van der Waals surface area contributed by atoms with E-state index in [1.165, 1.54) is 0 Å². The van der Waals surface area contributed by atoms with Crippen LogP contribution in [0.3, 0.4) is 0 Å². The first-order valence-electron chi connectivity index (χ1n) is 6.90. The molecule has 0 aromatic rings. The predicted molar refractivity (Wildman–Crippen MR) is 72.9 cm³/mol. The van der Waals surface area contributed by atoms with Crippen LogP contribution in [0.5, 0.6) is 0 Å². The van der Waals surface area contributed by atoms with Gasteiger partial charge in [-0.2, -0.15) is 4.31 Å². The minimum Gasteiger partial charge on any atom is -0.480 e. The smallest absolute Gasteiger partial charge is 0.326 e. The van der Waals surface area contributed by atoms with E-state index < -0.39 is 40.1 Å². The van der Waals surface area contributed by atoms with Crippen molar-refractivity contribution >= 4 is 21.9 Å². The number of piperidine rings is 1. The number of β-amino-alcohol motifs (C(OH)–C–C–N with tert-alkyl or cyclic N) is 1. The van der Waals surface area contributed by atoms with Gasteiger partial charge in [0.1, 0.15) is 12.1 Å². The number of carboxylic acids is 1. The van der Waals surface area contributed by atoms with E-state index in [1.54, 1.807) is 0 Å². The molecule has 21 heavy (non-hydrogen) atoms. The molecular weight excluding hydrogens is 300 g/mol. The largest absolute Gasteiger partial charge is 0.480 e. The zero-order valence-electron chi connectivity index (χ0n) is 11.8. The molecule has 0 spiro atoms. The Morgan fingerprint density at radius 2 is 1.86 bits per heavy atom. The van der Waals surface area contributed by atoms with Gasteiger partial charge in [0.05, 0.1) is 12.4 Å². The van der Waals surface area contributed by atoms with E-state index >= 15 is 0 Å². The summed E-state index contributed by atoms with van der Waals surface area (Å²) >= 11 is 0. The van der Waals surface area contributed by atoms with Gasteiger partial charge < -0.3 is 15.1 Å². The van der Waals surface area contributed by atoms with Crippen molar-refractivity contribution in [2.75, 3.05) is 19.3 Å². The third kappa shape index (κ3) is 3.35. The second-order valence-corrected chi connectivity index (χ2v) is 7.55. The lowest BCUT2D eigenvalue weighted by Gasteiger charge is -2.35. The number of carbonyl (C=O) groups excluding carboxylic acids is 1. The maximum atomic E-state index is 12.6. The van der Waals surface area contributed by atoms with Gasteiger partial charge >= 0.3 is 5.97 Å². The van der Waals surface area contributed by atoms with Crippen LogP contribution in [0.25, 0.3) is 0 Å². The molecule has 9 heteroatoms. The average Bonchev–Trinajstić information content (AvgIpc) is 2.79. The fourth-order valence-electron chi connectivity index (χ4n) is 3.03. The number of amides is 1. The summed E-state index contributed by atoms with van der Waals surface area (Å²) in [5, 5.41) is 18.7. The molecule has 2 N–H and O–H groups in total. The molecule has 0 aromatic carbocycles. The van der Waals surface area contributed by atoms with Gasteiger partial charge in [0.25, 0.3) is 0 Å². The highest BCUT2D eigenvalue weighted by molar-refractivity contribution is 7.88. The number of nitrogens with zero attached hydrogens (tertiary/aromatic N) is 2. The van der Waals surface area contributed by atoms with Crippen molar-refractivity contribution in [3.05, 3.63) is 0 Å². The summed E-state index contributed by atoms with van der Waals surface area (Å²) in [7, 11) is -3.52. The molecule has 0 radical (unpaired) electrons. The van der Waals surface area contributed by atoms with Crippen LogP contribution in [-0.4, -0.2) is 77.2 Å². The lowest BCUT2D eigenvalue weighted by atomic mass is 10.0. The molecule has 2 fully saturated rings. The second-order valence-electron chi connectivity index (χ2n) is 5.62. The number of hydrogen-bond acceptors (Lipinski definition) is 5. The number of aliphatic hydroxyl groups is 1. The van der Waals surface area contributed by atoms with Crippen LogP contribution >= 0.6 is 0 Å². The number of carboxylic acid groups (broad SMARTS) is 1. The number of rotatable bonds is 3. The summed E-state index contributed by atoms with van der Waals surface area (Å²) in [5.74, 6) is -1.70. The molecule has 8 nitrogen and oxygen atoms in total. The lowest BCUT2D eigenvalue weighted by Crippen LogP contribution is -2.54. The van der Waals surface area contributed by atoms with Gasteiger partial charge in [-0.25, -0.2) is 13.2 Å². The average molecular weight is 320 g/mol. The minimum atomic E-state index is -3.52. The van der Waals surface area contributed by atoms with E-state index in [0.29, 0.717) is 12.8 Å². The summed E-state index contributed by atoms with van der Waals surface area (Å²) in [6.45, 7) is 0.202. The molecule has 0 aromatic heterocycles. The number of carbonyl (C=O) groups is 2. The molecule has 0 bridgehead atoms. The first-order valence-corrected chi connectivity index (χ1v) is 8.75. The van der Waals surface area contributed by atoms with Gasteiger partial charge in [-0.05, 0) is 12.8 Å². The molecule has 1 amide bonds. The monoisotopic (exact) mass is 320 g/mol. The Hall–Kier alpha value is -1.19. The fraction of sp³-hybridized carbons (Fsp3) is 0.833. The molecule has 2 rings (SSSR count). The molecule has 3 atom stereocenters. The van der Waals surface area contributed by atoms with Crippen molar-refractivity contribution < 1.29 is 28.2 Å². The highest BCUT2D eigenvalue weighted by Gasteiger charge is 2.44. The van der Waals surface area contributed by atoms with E-state index in [0.717, 1.165) is 21.9 Å². The van der Waals surface area contributed by atoms with Crippen LogP contribution in [0.1, 0.15) is 25.7 Å². The van der Waals surface area contributed by atoms with Gasteiger partial charge in [0.15, 0.2) is 0 Å². The van der Waals surface area contributed by atoms with Gasteiger partial charge in [-0.1, -0.05) is 6.42 Å².